The van der Waals surface area contributed by atoms with E-state index >= 15 is 0 Å². The van der Waals surface area contributed by atoms with Crippen molar-refractivity contribution in [3.63, 3.8) is 0 Å². The summed E-state index contributed by atoms with van der Waals surface area (Å²) in [5.41, 5.74) is 0.927. The molecule has 7 heteroatoms. The van der Waals surface area contributed by atoms with Gasteiger partial charge in [-0.1, -0.05) is 0 Å². The highest BCUT2D eigenvalue weighted by Gasteiger charge is 2.20. The monoisotopic (exact) mass is 318 g/mol. The van der Waals surface area contributed by atoms with Crippen LogP contribution in [-0.2, 0) is 4.79 Å². The van der Waals surface area contributed by atoms with E-state index in [4.69, 9.17) is 5.11 Å². The van der Waals surface area contributed by atoms with Crippen molar-refractivity contribution >= 4 is 51.1 Å². The molecule has 4 nitrogen and oxygen atoms in total. The number of carboxylic acids is 1. The van der Waals surface area contributed by atoms with Crippen molar-refractivity contribution in [3.8, 4) is 0 Å². The first kappa shape index (κ1) is 11.7. The van der Waals surface area contributed by atoms with Crippen LogP contribution in [0.4, 0.5) is 0 Å². The van der Waals surface area contributed by atoms with Crippen molar-refractivity contribution in [2.75, 3.05) is 7.05 Å². The molecular weight excluding hydrogens is 312 g/mol. The summed E-state index contributed by atoms with van der Waals surface area (Å²) in [6.07, 6.45) is 1.58. The second-order valence-corrected chi connectivity index (χ2v) is 6.35. The maximum atomic E-state index is 11.0. The quantitative estimate of drug-likeness (QED) is 0.852. The largest absolute Gasteiger partial charge is 0.477 e. The Hall–Kier alpha value is -0.790. The molecule has 1 aliphatic heterocycles. The number of thiophene rings is 1. The summed E-state index contributed by atoms with van der Waals surface area (Å²) >= 11 is 6.02. The third-order valence-electron chi connectivity index (χ3n) is 1.92. The number of allylic oxidation sites excluding steroid dienone is 1. The van der Waals surface area contributed by atoms with Gasteiger partial charge in [0.2, 0.25) is 0 Å². The van der Waals surface area contributed by atoms with Gasteiger partial charge in [0, 0.05) is 7.05 Å². The van der Waals surface area contributed by atoms with Crippen LogP contribution in [-0.4, -0.2) is 28.1 Å². The first-order valence-corrected chi connectivity index (χ1v) is 6.61. The van der Waals surface area contributed by atoms with Gasteiger partial charge in [0.1, 0.15) is 5.70 Å². The molecule has 0 unspecified atom stereocenters. The highest BCUT2D eigenvalue weighted by Crippen LogP contribution is 2.28. The SMILES string of the molecule is CN1SN=C(c2ccc(Br)s2)C=C1C(=O)O. The minimum Gasteiger partial charge on any atom is -0.477 e. The van der Waals surface area contributed by atoms with E-state index in [9.17, 15) is 4.79 Å². The Morgan fingerprint density at radius 3 is 2.88 bits per heavy atom. The molecule has 1 aliphatic rings. The minimum absolute atomic E-state index is 0.236. The third kappa shape index (κ3) is 2.31. The Labute approximate surface area is 109 Å². The lowest BCUT2D eigenvalue weighted by atomic mass is 10.2. The molecule has 0 spiro atoms. The van der Waals surface area contributed by atoms with Gasteiger partial charge in [-0.2, -0.15) is 4.40 Å². The summed E-state index contributed by atoms with van der Waals surface area (Å²) in [6.45, 7) is 0. The molecule has 0 atom stereocenters. The van der Waals surface area contributed by atoms with E-state index < -0.39 is 5.97 Å². The van der Waals surface area contributed by atoms with Gasteiger partial charge in [0.25, 0.3) is 0 Å². The molecule has 0 aromatic carbocycles. The summed E-state index contributed by atoms with van der Waals surface area (Å²) in [7, 11) is 1.68. The Kier molecular flexibility index (Phi) is 3.36. The van der Waals surface area contributed by atoms with E-state index in [1.165, 1.54) is 15.6 Å². The molecule has 0 bridgehead atoms. The van der Waals surface area contributed by atoms with Gasteiger partial charge in [0.15, 0.2) is 0 Å². The summed E-state index contributed by atoms with van der Waals surface area (Å²) in [6, 6.07) is 3.83. The topological polar surface area (TPSA) is 52.9 Å². The third-order valence-corrected chi connectivity index (χ3v) is 4.29. The summed E-state index contributed by atoms with van der Waals surface area (Å²) < 4.78 is 6.76. The van der Waals surface area contributed by atoms with E-state index in [2.05, 4.69) is 20.3 Å². The van der Waals surface area contributed by atoms with Crippen molar-refractivity contribution in [2.24, 2.45) is 4.40 Å². The highest BCUT2D eigenvalue weighted by molar-refractivity contribution is 9.11. The fourth-order valence-electron chi connectivity index (χ4n) is 1.16. The molecule has 0 amide bonds. The zero-order valence-corrected chi connectivity index (χ0v) is 11.4. The van der Waals surface area contributed by atoms with Crippen LogP contribution in [0.25, 0.3) is 0 Å². The van der Waals surface area contributed by atoms with Crippen molar-refractivity contribution in [2.45, 2.75) is 0 Å². The lowest BCUT2D eigenvalue weighted by molar-refractivity contribution is -0.133. The summed E-state index contributed by atoms with van der Waals surface area (Å²) in [5, 5.41) is 8.99. The zero-order valence-electron chi connectivity index (χ0n) is 8.18. The van der Waals surface area contributed by atoms with Gasteiger partial charge < -0.3 is 5.11 Å². The summed E-state index contributed by atoms with van der Waals surface area (Å²) in [5.74, 6) is -0.946. The van der Waals surface area contributed by atoms with Crippen molar-refractivity contribution < 1.29 is 9.90 Å². The van der Waals surface area contributed by atoms with Gasteiger partial charge in [-0.15, -0.1) is 11.3 Å². The molecule has 0 saturated heterocycles. The Morgan fingerprint density at radius 2 is 2.31 bits per heavy atom. The van der Waals surface area contributed by atoms with Crippen LogP contribution in [0.2, 0.25) is 0 Å². The van der Waals surface area contributed by atoms with Crippen LogP contribution in [0.15, 0.2) is 32.1 Å². The van der Waals surface area contributed by atoms with E-state index in [1.54, 1.807) is 13.1 Å². The smallest absolute Gasteiger partial charge is 0.353 e. The van der Waals surface area contributed by atoms with Gasteiger partial charge in [0.05, 0.1) is 26.5 Å². The predicted molar refractivity (Wildman–Crippen MR) is 69.6 cm³/mol. The molecule has 16 heavy (non-hydrogen) atoms. The number of rotatable bonds is 2. The number of carboxylic acid groups (broad SMARTS) is 1. The molecule has 1 aromatic heterocycles. The minimum atomic E-state index is -0.946. The van der Waals surface area contributed by atoms with E-state index in [1.807, 2.05) is 12.1 Å². The molecule has 1 N–H and O–H groups in total. The average Bonchev–Trinajstić information content (AvgIpc) is 2.65. The van der Waals surface area contributed by atoms with Crippen LogP contribution in [0.1, 0.15) is 4.88 Å². The van der Waals surface area contributed by atoms with Crippen LogP contribution < -0.4 is 0 Å². The number of halogens is 1. The predicted octanol–water partition coefficient (Wildman–Crippen LogP) is 2.78. The second kappa shape index (κ2) is 4.60. The number of carbonyl (C=O) groups is 1. The lowest BCUT2D eigenvalue weighted by Gasteiger charge is -2.19. The van der Waals surface area contributed by atoms with Crippen molar-refractivity contribution in [1.29, 1.82) is 0 Å². The molecule has 2 rings (SSSR count). The van der Waals surface area contributed by atoms with E-state index in [0.29, 0.717) is 5.71 Å². The molecule has 2 heterocycles. The fourth-order valence-corrected chi connectivity index (χ4v) is 3.15. The molecule has 1 aromatic rings. The first-order chi connectivity index (χ1) is 7.58. The highest BCUT2D eigenvalue weighted by atomic mass is 79.9. The molecule has 0 radical (unpaired) electrons. The Morgan fingerprint density at radius 1 is 1.56 bits per heavy atom. The molecule has 0 fully saturated rings. The standard InChI is InChI=1S/C9H7BrN2O2S2/c1-12-6(9(13)14)4-5(11-16-12)7-2-3-8(10)15-7/h2-4H,1H3,(H,13,14). The summed E-state index contributed by atoms with van der Waals surface area (Å²) in [4.78, 5) is 11.9. The van der Waals surface area contributed by atoms with Gasteiger partial charge in [-0.05, 0) is 34.1 Å². The normalized spacial score (nSPS) is 15.8. The number of aliphatic carboxylic acids is 1. The van der Waals surface area contributed by atoms with Crippen LogP contribution in [0.5, 0.6) is 0 Å². The lowest BCUT2D eigenvalue weighted by Crippen LogP contribution is -2.20. The number of nitrogens with zero attached hydrogens (tertiary/aromatic N) is 2. The van der Waals surface area contributed by atoms with E-state index in [-0.39, 0.29) is 5.70 Å². The van der Waals surface area contributed by atoms with Gasteiger partial charge in [-0.3, -0.25) is 4.31 Å². The van der Waals surface area contributed by atoms with Gasteiger partial charge in [-0.25, -0.2) is 4.79 Å². The van der Waals surface area contributed by atoms with Crippen molar-refractivity contribution in [3.05, 3.63) is 32.6 Å². The second-order valence-electron chi connectivity index (χ2n) is 2.99. The Bertz CT molecular complexity index is 495. The molecule has 84 valence electrons. The van der Waals surface area contributed by atoms with Crippen molar-refractivity contribution in [1.82, 2.24) is 4.31 Å². The first-order valence-electron chi connectivity index (χ1n) is 4.27. The maximum Gasteiger partial charge on any atom is 0.353 e. The molecule has 0 aliphatic carbocycles. The average molecular weight is 319 g/mol. The zero-order chi connectivity index (χ0) is 11.7. The molecular formula is C9H7BrN2O2S2. The van der Waals surface area contributed by atoms with Gasteiger partial charge >= 0.3 is 5.97 Å². The molecule has 0 saturated carbocycles. The van der Waals surface area contributed by atoms with E-state index in [0.717, 1.165) is 20.8 Å². The van der Waals surface area contributed by atoms with Crippen LogP contribution in [0.3, 0.4) is 0 Å². The van der Waals surface area contributed by atoms with Crippen LogP contribution in [0, 0.1) is 0 Å². The number of hydrogen-bond acceptors (Lipinski definition) is 5. The maximum absolute atomic E-state index is 11.0. The fraction of sp³-hybridized carbons (Fsp3) is 0.111. The number of hydrogen-bond donors (Lipinski definition) is 1. The number of likely N-dealkylation sites (N-methyl/N-ethyl adjacent to an activating group) is 1. The van der Waals surface area contributed by atoms with Crippen LogP contribution >= 0.6 is 39.4 Å². The Balaban J connectivity index is 2.35.